The van der Waals surface area contributed by atoms with E-state index in [1.807, 2.05) is 35.0 Å². The van der Waals surface area contributed by atoms with Crippen LogP contribution in [0.25, 0.3) is 16.8 Å². The number of imidazole rings is 1. The molecule has 1 N–H and O–H groups in total. The number of nitrogens with one attached hydrogen (secondary N) is 1. The van der Waals surface area contributed by atoms with Gasteiger partial charge in [-0.05, 0) is 60.5 Å². The number of thioether (sulfide) groups is 1. The highest BCUT2D eigenvalue weighted by atomic mass is 32.2. The molecule has 3 aromatic carbocycles. The summed E-state index contributed by atoms with van der Waals surface area (Å²) in [5, 5.41) is 3.77. The van der Waals surface area contributed by atoms with Crippen LogP contribution in [0.4, 0.5) is 27.6 Å². The van der Waals surface area contributed by atoms with Gasteiger partial charge < -0.3 is 14.6 Å². The van der Waals surface area contributed by atoms with E-state index in [1.54, 1.807) is 19.4 Å². The molecule has 1 unspecified atom stereocenters. The second kappa shape index (κ2) is 12.1. The molecule has 1 aliphatic heterocycles. The maximum atomic E-state index is 15.6. The van der Waals surface area contributed by atoms with Crippen LogP contribution in [-0.2, 0) is 12.6 Å². The van der Waals surface area contributed by atoms with E-state index in [4.69, 9.17) is 4.74 Å². The van der Waals surface area contributed by atoms with Crippen LogP contribution in [0.2, 0.25) is 0 Å². The third-order valence-electron chi connectivity index (χ3n) is 7.96. The van der Waals surface area contributed by atoms with Crippen molar-refractivity contribution in [2.45, 2.75) is 30.6 Å². The molecular formula is C33H27F5N4O2S. The Balaban J connectivity index is 1.44. The van der Waals surface area contributed by atoms with Gasteiger partial charge in [0.2, 0.25) is 0 Å². The summed E-state index contributed by atoms with van der Waals surface area (Å²) in [7, 11) is 1.30. The van der Waals surface area contributed by atoms with Crippen LogP contribution in [-0.4, -0.2) is 33.5 Å². The van der Waals surface area contributed by atoms with Gasteiger partial charge >= 0.3 is 6.18 Å². The second-order valence-electron chi connectivity index (χ2n) is 10.6. The van der Waals surface area contributed by atoms with Crippen LogP contribution in [0.15, 0.2) is 89.2 Å². The minimum atomic E-state index is -4.80. The number of halogens is 5. The van der Waals surface area contributed by atoms with Crippen LogP contribution < -0.4 is 15.6 Å². The number of nitrogens with zero attached hydrogens (tertiary/aromatic N) is 3. The molecule has 3 heterocycles. The van der Waals surface area contributed by atoms with Gasteiger partial charge in [0.15, 0.2) is 11.6 Å². The number of pyridine rings is 1. The summed E-state index contributed by atoms with van der Waals surface area (Å²) in [5.41, 5.74) is 0.142. The number of aromatic nitrogens is 3. The molecule has 0 spiro atoms. The molecule has 45 heavy (non-hydrogen) atoms. The average molecular weight is 639 g/mol. The standard InChI is InChI=1S/C33H27F5N4O2S/c1-19-24(15-25-26(33(36,37)38)6-4-7-27(25)34)32-42(31(43)29(19)23-5-3-8-28(44-2)30(23)35)22(17-45-32)16-40-20-9-11-21(12-10-20)41-14-13-39-18-41/h3-14,18,22,40H,15-17H2,1-2H3. The number of methoxy groups -OCH3 is 1. The largest absolute Gasteiger partial charge is 0.494 e. The zero-order valence-corrected chi connectivity index (χ0v) is 25.0. The van der Waals surface area contributed by atoms with Crippen LogP contribution in [0.1, 0.15) is 28.3 Å². The second-order valence-corrected chi connectivity index (χ2v) is 11.6. The number of fused-ring (bicyclic) bond motifs is 1. The highest BCUT2D eigenvalue weighted by Gasteiger charge is 2.36. The number of benzene rings is 3. The molecule has 0 saturated carbocycles. The fourth-order valence-electron chi connectivity index (χ4n) is 5.68. The zero-order valence-electron chi connectivity index (χ0n) is 24.2. The molecule has 0 saturated heterocycles. The average Bonchev–Trinajstić information content (AvgIpc) is 3.71. The number of rotatable bonds is 8. The molecule has 1 aliphatic rings. The zero-order chi connectivity index (χ0) is 31.9. The van der Waals surface area contributed by atoms with Crippen molar-refractivity contribution in [3.8, 4) is 22.6 Å². The lowest BCUT2D eigenvalue weighted by Crippen LogP contribution is -2.31. The Bertz CT molecular complexity index is 1920. The van der Waals surface area contributed by atoms with Gasteiger partial charge in [-0.1, -0.05) is 18.2 Å². The van der Waals surface area contributed by atoms with Crippen molar-refractivity contribution in [2.24, 2.45) is 0 Å². The molecule has 12 heteroatoms. The van der Waals surface area contributed by atoms with Gasteiger partial charge in [-0.25, -0.2) is 13.8 Å². The smallest absolute Gasteiger partial charge is 0.416 e. The molecule has 0 fully saturated rings. The van der Waals surface area contributed by atoms with Crippen molar-refractivity contribution in [1.29, 1.82) is 0 Å². The third-order valence-corrected chi connectivity index (χ3v) is 9.22. The molecule has 0 bridgehead atoms. The van der Waals surface area contributed by atoms with Crippen LogP contribution in [0, 0.1) is 18.6 Å². The SMILES string of the molecule is COc1cccc(-c2c(C)c(Cc3c(F)cccc3C(F)(F)F)c3n(c2=O)C(CNc2ccc(-n4ccnc4)cc2)CS3)c1F. The van der Waals surface area contributed by atoms with Crippen molar-refractivity contribution < 1.29 is 26.7 Å². The maximum absolute atomic E-state index is 15.6. The first-order valence-electron chi connectivity index (χ1n) is 14.0. The molecule has 2 aromatic heterocycles. The summed E-state index contributed by atoms with van der Waals surface area (Å²) < 4.78 is 81.1. The molecule has 0 amide bonds. The lowest BCUT2D eigenvalue weighted by molar-refractivity contribution is -0.138. The molecule has 232 valence electrons. The Morgan fingerprint density at radius 3 is 2.49 bits per heavy atom. The number of anilines is 1. The Labute approximate surface area is 259 Å². The first-order valence-corrected chi connectivity index (χ1v) is 15.0. The number of ether oxygens (including phenoxy) is 1. The summed E-state index contributed by atoms with van der Waals surface area (Å²) in [4.78, 5) is 18.2. The monoisotopic (exact) mass is 638 g/mol. The first kappa shape index (κ1) is 30.4. The Kier molecular flexibility index (Phi) is 8.17. The molecule has 6 nitrogen and oxygen atoms in total. The van der Waals surface area contributed by atoms with Crippen molar-refractivity contribution in [1.82, 2.24) is 14.1 Å². The predicted molar refractivity (Wildman–Crippen MR) is 163 cm³/mol. The highest BCUT2D eigenvalue weighted by molar-refractivity contribution is 7.99. The van der Waals surface area contributed by atoms with E-state index in [2.05, 4.69) is 10.3 Å². The van der Waals surface area contributed by atoms with E-state index in [9.17, 15) is 18.0 Å². The fraction of sp³-hybridized carbons (Fsp3) is 0.212. The summed E-state index contributed by atoms with van der Waals surface area (Å²) in [6.45, 7) is 1.87. The van der Waals surface area contributed by atoms with Crippen molar-refractivity contribution in [2.75, 3.05) is 24.7 Å². The lowest BCUT2D eigenvalue weighted by Gasteiger charge is -2.22. The summed E-state index contributed by atoms with van der Waals surface area (Å²) in [6.07, 6.45) is -0.0538. The number of hydrogen-bond acceptors (Lipinski definition) is 5. The van der Waals surface area contributed by atoms with Gasteiger partial charge in [-0.2, -0.15) is 13.2 Å². The van der Waals surface area contributed by atoms with E-state index < -0.39 is 47.0 Å². The lowest BCUT2D eigenvalue weighted by atomic mass is 9.92. The molecule has 5 aromatic rings. The molecular weight excluding hydrogens is 611 g/mol. The first-order chi connectivity index (χ1) is 21.6. The van der Waals surface area contributed by atoms with Crippen molar-refractivity contribution in [3.05, 3.63) is 124 Å². The minimum Gasteiger partial charge on any atom is -0.494 e. The normalized spacial score (nSPS) is 14.4. The van der Waals surface area contributed by atoms with Crippen molar-refractivity contribution in [3.63, 3.8) is 0 Å². The number of alkyl halides is 3. The Morgan fingerprint density at radius 1 is 1.04 bits per heavy atom. The van der Waals surface area contributed by atoms with Gasteiger partial charge in [0, 0.05) is 53.6 Å². The molecule has 6 rings (SSSR count). The summed E-state index contributed by atoms with van der Waals surface area (Å²) in [6, 6.07) is 14.4. The van der Waals surface area contributed by atoms with Gasteiger partial charge in [-0.15, -0.1) is 11.8 Å². The molecule has 1 atom stereocenters. The molecule has 0 aliphatic carbocycles. The summed E-state index contributed by atoms with van der Waals surface area (Å²) >= 11 is 1.31. The van der Waals surface area contributed by atoms with Crippen LogP contribution >= 0.6 is 11.8 Å². The van der Waals surface area contributed by atoms with Gasteiger partial charge in [0.25, 0.3) is 5.56 Å². The quantitative estimate of drug-likeness (QED) is 0.177. The Morgan fingerprint density at radius 2 is 1.80 bits per heavy atom. The van der Waals surface area contributed by atoms with E-state index >= 15 is 8.78 Å². The topological polar surface area (TPSA) is 61.1 Å². The van der Waals surface area contributed by atoms with Gasteiger partial charge in [-0.3, -0.25) is 9.36 Å². The van der Waals surface area contributed by atoms with E-state index in [0.717, 1.165) is 29.6 Å². The third kappa shape index (κ3) is 5.70. The minimum absolute atomic E-state index is 0.00719. The maximum Gasteiger partial charge on any atom is 0.416 e. The van der Waals surface area contributed by atoms with E-state index in [1.165, 1.54) is 41.6 Å². The number of hydrogen-bond donors (Lipinski definition) is 1. The molecule has 0 radical (unpaired) electrons. The predicted octanol–water partition coefficient (Wildman–Crippen LogP) is 7.66. The van der Waals surface area contributed by atoms with Crippen LogP contribution in [0.5, 0.6) is 5.75 Å². The van der Waals surface area contributed by atoms with Gasteiger partial charge in [0.1, 0.15) is 5.82 Å². The van der Waals surface area contributed by atoms with E-state index in [-0.39, 0.29) is 22.4 Å². The Hall–Kier alpha value is -4.58. The van der Waals surface area contributed by atoms with E-state index in [0.29, 0.717) is 22.9 Å². The summed E-state index contributed by atoms with van der Waals surface area (Å²) in [5.74, 6) is -1.44. The van der Waals surface area contributed by atoms with Crippen molar-refractivity contribution >= 4 is 17.4 Å². The van der Waals surface area contributed by atoms with Gasteiger partial charge in [0.05, 0.1) is 35.6 Å². The van der Waals surface area contributed by atoms with Crippen LogP contribution in [0.3, 0.4) is 0 Å². The fourth-order valence-corrected chi connectivity index (χ4v) is 7.07. The highest BCUT2D eigenvalue weighted by Crippen LogP contribution is 2.42.